The Labute approximate surface area is 110 Å². The molecule has 2 aromatic rings. The van der Waals surface area contributed by atoms with Crippen LogP contribution >= 0.6 is 12.6 Å². The summed E-state index contributed by atoms with van der Waals surface area (Å²) in [6.07, 6.45) is 1.55. The molecule has 2 rings (SSSR count). The summed E-state index contributed by atoms with van der Waals surface area (Å²) in [5, 5.41) is 0. The van der Waals surface area contributed by atoms with Gasteiger partial charge in [0.25, 0.3) is 5.91 Å². The molecule has 1 heterocycles. The van der Waals surface area contributed by atoms with Gasteiger partial charge in [0.15, 0.2) is 0 Å². The first-order valence-corrected chi connectivity index (χ1v) is 5.79. The standard InChI is InChI=1S/C13H12FNO2S/c1-15(8-10-3-2-6-17-10)13(16)9-4-5-11(14)12(18)7-9/h2-7,18H,8H2,1H3. The van der Waals surface area contributed by atoms with Gasteiger partial charge in [-0.1, -0.05) is 0 Å². The van der Waals surface area contributed by atoms with Crippen LogP contribution in [0.3, 0.4) is 0 Å². The number of benzene rings is 1. The molecule has 0 bridgehead atoms. The van der Waals surface area contributed by atoms with Crippen molar-refractivity contribution in [3.63, 3.8) is 0 Å². The second-order valence-corrected chi connectivity index (χ2v) is 4.39. The summed E-state index contributed by atoms with van der Waals surface area (Å²) in [7, 11) is 1.66. The van der Waals surface area contributed by atoms with Gasteiger partial charge in [-0.15, -0.1) is 12.6 Å². The monoisotopic (exact) mass is 265 g/mol. The lowest BCUT2D eigenvalue weighted by Crippen LogP contribution is -2.26. The number of hydrogen-bond acceptors (Lipinski definition) is 3. The summed E-state index contributed by atoms with van der Waals surface area (Å²) in [6.45, 7) is 0.366. The van der Waals surface area contributed by atoms with Crippen LogP contribution in [0.5, 0.6) is 0 Å². The third-order valence-electron chi connectivity index (χ3n) is 2.51. The molecule has 0 saturated carbocycles. The number of thiol groups is 1. The first-order valence-electron chi connectivity index (χ1n) is 5.34. The zero-order valence-electron chi connectivity index (χ0n) is 9.76. The molecule has 3 nitrogen and oxygen atoms in total. The fourth-order valence-corrected chi connectivity index (χ4v) is 1.79. The predicted octanol–water partition coefficient (Wildman–Crippen LogP) is 2.98. The van der Waals surface area contributed by atoms with Crippen LogP contribution in [-0.2, 0) is 6.54 Å². The second-order valence-electron chi connectivity index (χ2n) is 3.91. The Morgan fingerprint density at radius 3 is 2.83 bits per heavy atom. The second kappa shape index (κ2) is 5.27. The lowest BCUT2D eigenvalue weighted by molar-refractivity contribution is 0.0775. The Hall–Kier alpha value is -1.75. The quantitative estimate of drug-likeness (QED) is 0.866. The van der Waals surface area contributed by atoms with Crippen LogP contribution in [0.15, 0.2) is 45.9 Å². The molecule has 0 fully saturated rings. The minimum absolute atomic E-state index is 0.159. The van der Waals surface area contributed by atoms with Crippen molar-refractivity contribution in [2.75, 3.05) is 7.05 Å². The van der Waals surface area contributed by atoms with Crippen molar-refractivity contribution in [2.24, 2.45) is 0 Å². The summed E-state index contributed by atoms with van der Waals surface area (Å²) in [4.78, 5) is 13.7. The van der Waals surface area contributed by atoms with Crippen LogP contribution < -0.4 is 0 Å². The number of carbonyl (C=O) groups is 1. The van der Waals surface area contributed by atoms with E-state index in [1.54, 1.807) is 25.4 Å². The number of nitrogens with zero attached hydrogens (tertiary/aromatic N) is 1. The van der Waals surface area contributed by atoms with Crippen LogP contribution in [0.4, 0.5) is 4.39 Å². The van der Waals surface area contributed by atoms with Crippen molar-refractivity contribution in [1.82, 2.24) is 4.90 Å². The number of rotatable bonds is 3. The van der Waals surface area contributed by atoms with E-state index in [0.29, 0.717) is 17.9 Å². The smallest absolute Gasteiger partial charge is 0.254 e. The van der Waals surface area contributed by atoms with Crippen molar-refractivity contribution >= 4 is 18.5 Å². The van der Waals surface area contributed by atoms with Gasteiger partial charge in [0.2, 0.25) is 0 Å². The summed E-state index contributed by atoms with van der Waals surface area (Å²) >= 11 is 3.96. The van der Waals surface area contributed by atoms with E-state index < -0.39 is 5.82 Å². The van der Waals surface area contributed by atoms with Gasteiger partial charge in [0, 0.05) is 17.5 Å². The maximum atomic E-state index is 13.1. The number of furan rings is 1. The molecule has 94 valence electrons. The summed E-state index contributed by atoms with van der Waals surface area (Å²) in [5.41, 5.74) is 0.399. The minimum atomic E-state index is -0.441. The SMILES string of the molecule is CN(Cc1ccco1)C(=O)c1ccc(F)c(S)c1. The average molecular weight is 265 g/mol. The fourth-order valence-electron chi connectivity index (χ4n) is 1.57. The third kappa shape index (κ3) is 2.73. The van der Waals surface area contributed by atoms with E-state index in [2.05, 4.69) is 12.6 Å². The van der Waals surface area contributed by atoms with Gasteiger partial charge in [0.1, 0.15) is 11.6 Å². The Morgan fingerprint density at radius 2 is 2.22 bits per heavy atom. The van der Waals surface area contributed by atoms with Gasteiger partial charge in [0.05, 0.1) is 12.8 Å². The van der Waals surface area contributed by atoms with Crippen molar-refractivity contribution in [3.8, 4) is 0 Å². The summed E-state index contributed by atoms with van der Waals surface area (Å²) in [5.74, 6) is 0.0457. The van der Waals surface area contributed by atoms with Gasteiger partial charge in [-0.3, -0.25) is 4.79 Å². The largest absolute Gasteiger partial charge is 0.467 e. The zero-order valence-corrected chi connectivity index (χ0v) is 10.7. The van der Waals surface area contributed by atoms with Crippen molar-refractivity contribution in [3.05, 3.63) is 53.7 Å². The molecule has 0 unspecified atom stereocenters. The third-order valence-corrected chi connectivity index (χ3v) is 2.86. The molecule has 0 saturated heterocycles. The molecular weight excluding hydrogens is 253 g/mol. The van der Waals surface area contributed by atoms with Gasteiger partial charge in [-0.2, -0.15) is 0 Å². The molecule has 0 aliphatic heterocycles. The van der Waals surface area contributed by atoms with E-state index in [0.717, 1.165) is 0 Å². The number of carbonyl (C=O) groups excluding carboxylic acids is 1. The number of halogens is 1. The van der Waals surface area contributed by atoms with Gasteiger partial charge < -0.3 is 9.32 Å². The van der Waals surface area contributed by atoms with Crippen LogP contribution in [0, 0.1) is 5.82 Å². The van der Waals surface area contributed by atoms with Crippen molar-refractivity contribution < 1.29 is 13.6 Å². The highest BCUT2D eigenvalue weighted by atomic mass is 32.1. The normalized spacial score (nSPS) is 10.4. The molecule has 1 aromatic heterocycles. The van der Waals surface area contributed by atoms with Gasteiger partial charge in [-0.05, 0) is 30.3 Å². The lowest BCUT2D eigenvalue weighted by atomic mass is 10.2. The maximum Gasteiger partial charge on any atom is 0.254 e. The molecule has 0 atom stereocenters. The molecule has 1 aromatic carbocycles. The fraction of sp³-hybridized carbons (Fsp3) is 0.154. The lowest BCUT2D eigenvalue weighted by Gasteiger charge is -2.16. The summed E-state index contributed by atoms with van der Waals surface area (Å²) < 4.78 is 18.2. The molecule has 0 aliphatic rings. The molecule has 1 amide bonds. The predicted molar refractivity (Wildman–Crippen MR) is 68.2 cm³/mol. The van der Waals surface area contributed by atoms with E-state index in [1.807, 2.05) is 0 Å². The highest BCUT2D eigenvalue weighted by molar-refractivity contribution is 7.80. The van der Waals surface area contributed by atoms with Crippen LogP contribution in [-0.4, -0.2) is 17.9 Å². The van der Waals surface area contributed by atoms with Crippen molar-refractivity contribution in [2.45, 2.75) is 11.4 Å². The van der Waals surface area contributed by atoms with E-state index >= 15 is 0 Å². The van der Waals surface area contributed by atoms with Gasteiger partial charge >= 0.3 is 0 Å². The van der Waals surface area contributed by atoms with E-state index in [1.165, 1.54) is 23.1 Å². The number of amides is 1. The first-order chi connectivity index (χ1) is 8.58. The van der Waals surface area contributed by atoms with Crippen molar-refractivity contribution in [1.29, 1.82) is 0 Å². The topological polar surface area (TPSA) is 33.5 Å². The Kier molecular flexibility index (Phi) is 3.72. The first kappa shape index (κ1) is 12.7. The zero-order chi connectivity index (χ0) is 13.1. The minimum Gasteiger partial charge on any atom is -0.467 e. The molecular formula is C13H12FNO2S. The average Bonchev–Trinajstić information content (AvgIpc) is 2.84. The molecule has 0 N–H and O–H groups in total. The highest BCUT2D eigenvalue weighted by Crippen LogP contribution is 2.16. The molecule has 0 spiro atoms. The van der Waals surface area contributed by atoms with Gasteiger partial charge in [-0.25, -0.2) is 4.39 Å². The Morgan fingerprint density at radius 1 is 1.44 bits per heavy atom. The summed E-state index contributed by atoms with van der Waals surface area (Å²) in [6, 6.07) is 7.64. The highest BCUT2D eigenvalue weighted by Gasteiger charge is 2.14. The molecule has 18 heavy (non-hydrogen) atoms. The number of hydrogen-bond donors (Lipinski definition) is 1. The van der Waals surface area contributed by atoms with E-state index in [4.69, 9.17) is 4.42 Å². The Balaban J connectivity index is 2.12. The van der Waals surface area contributed by atoms with E-state index in [9.17, 15) is 9.18 Å². The Bertz CT molecular complexity index is 554. The van der Waals surface area contributed by atoms with E-state index in [-0.39, 0.29) is 10.8 Å². The molecule has 0 aliphatic carbocycles. The van der Waals surface area contributed by atoms with Crippen LogP contribution in [0.1, 0.15) is 16.1 Å². The maximum absolute atomic E-state index is 13.1. The molecule has 0 radical (unpaired) electrons. The van der Waals surface area contributed by atoms with Crippen LogP contribution in [0.2, 0.25) is 0 Å². The van der Waals surface area contributed by atoms with Crippen LogP contribution in [0.25, 0.3) is 0 Å². The molecule has 5 heteroatoms.